The number of sulfone groups is 1. The fraction of sp³-hybridized carbons (Fsp3) is 0.375. The highest BCUT2D eigenvalue weighted by Crippen LogP contribution is 2.25. The molecule has 3 rings (SSSR count). The lowest BCUT2D eigenvalue weighted by atomic mass is 10.1. The van der Waals surface area contributed by atoms with Crippen molar-refractivity contribution < 1.29 is 18.0 Å². The number of thiophene rings is 1. The fourth-order valence-corrected chi connectivity index (χ4v) is 4.84. The Bertz CT molecular complexity index is 874. The van der Waals surface area contributed by atoms with Gasteiger partial charge in [0.1, 0.15) is 6.04 Å². The van der Waals surface area contributed by atoms with E-state index < -0.39 is 15.9 Å². The van der Waals surface area contributed by atoms with Crippen molar-refractivity contribution in [3.63, 3.8) is 0 Å². The summed E-state index contributed by atoms with van der Waals surface area (Å²) in [5, 5.41) is 5.37. The van der Waals surface area contributed by atoms with E-state index in [0.29, 0.717) is 5.56 Å². The molecule has 0 aliphatic carbocycles. The molecule has 1 aliphatic heterocycles. The summed E-state index contributed by atoms with van der Waals surface area (Å²) >= 11 is 1.48. The number of benzene rings is 1. The molecule has 2 amide bonds. The zero-order valence-corrected chi connectivity index (χ0v) is 14.8. The van der Waals surface area contributed by atoms with Gasteiger partial charge < -0.3 is 10.2 Å². The van der Waals surface area contributed by atoms with Crippen molar-refractivity contribution in [2.75, 3.05) is 24.6 Å². The minimum Gasteiger partial charge on any atom is -0.340 e. The second kappa shape index (κ2) is 6.52. The highest BCUT2D eigenvalue weighted by atomic mass is 32.2. The summed E-state index contributed by atoms with van der Waals surface area (Å²) in [4.78, 5) is 26.3. The largest absolute Gasteiger partial charge is 0.340 e. The van der Waals surface area contributed by atoms with Gasteiger partial charge in [-0.25, -0.2) is 8.42 Å². The lowest BCUT2D eigenvalue weighted by Crippen LogP contribution is -2.51. The van der Waals surface area contributed by atoms with Crippen molar-refractivity contribution in [3.05, 3.63) is 35.2 Å². The van der Waals surface area contributed by atoms with Gasteiger partial charge in [-0.15, -0.1) is 11.3 Å². The predicted molar refractivity (Wildman–Crippen MR) is 94.0 cm³/mol. The van der Waals surface area contributed by atoms with Crippen LogP contribution in [0.4, 0.5) is 0 Å². The average Bonchev–Trinajstić information content (AvgIpc) is 2.98. The molecule has 2 aromatic rings. The molecule has 1 atom stereocenters. The molecule has 8 heteroatoms. The lowest BCUT2D eigenvalue weighted by molar-refractivity contribution is -0.132. The van der Waals surface area contributed by atoms with Crippen LogP contribution in [0.3, 0.4) is 0 Å². The Balaban J connectivity index is 1.67. The number of amides is 2. The molecule has 1 saturated heterocycles. The highest BCUT2D eigenvalue weighted by Gasteiger charge is 2.28. The number of carbonyl (C=O) groups excluding carboxylic acids is 2. The minimum atomic E-state index is -3.04. The molecule has 24 heavy (non-hydrogen) atoms. The summed E-state index contributed by atoms with van der Waals surface area (Å²) in [5.74, 6) is -0.584. The maximum absolute atomic E-state index is 12.4. The Hall–Kier alpha value is -1.93. The van der Waals surface area contributed by atoms with Gasteiger partial charge in [-0.3, -0.25) is 9.59 Å². The molecule has 0 radical (unpaired) electrons. The van der Waals surface area contributed by atoms with E-state index in [4.69, 9.17) is 0 Å². The predicted octanol–water partition coefficient (Wildman–Crippen LogP) is 1.28. The molecule has 2 heterocycles. The molecule has 1 aromatic heterocycles. The first-order valence-electron chi connectivity index (χ1n) is 7.64. The molecule has 0 bridgehead atoms. The quantitative estimate of drug-likeness (QED) is 0.887. The Morgan fingerprint density at radius 3 is 2.58 bits per heavy atom. The number of carbonyl (C=O) groups is 2. The molecule has 0 saturated carbocycles. The second-order valence-electron chi connectivity index (χ2n) is 5.82. The van der Waals surface area contributed by atoms with Gasteiger partial charge in [-0.05, 0) is 13.0 Å². The van der Waals surface area contributed by atoms with Gasteiger partial charge in [0, 0.05) is 28.6 Å². The standard InChI is InChI=1S/C16H18N2O4S2/c1-11(16(20)18-6-8-24(21,22)9-7-18)17-15(19)13-10-23-14-5-3-2-4-12(13)14/h2-5,10-11H,6-9H2,1H3,(H,17,19). The number of hydrogen-bond acceptors (Lipinski definition) is 5. The van der Waals surface area contributed by atoms with Crippen LogP contribution in [-0.4, -0.2) is 55.8 Å². The molecule has 128 valence electrons. The van der Waals surface area contributed by atoms with E-state index in [1.807, 2.05) is 24.3 Å². The molecular weight excluding hydrogens is 348 g/mol. The zero-order chi connectivity index (χ0) is 17.3. The number of nitrogens with zero attached hydrogens (tertiary/aromatic N) is 1. The van der Waals surface area contributed by atoms with E-state index in [1.54, 1.807) is 12.3 Å². The van der Waals surface area contributed by atoms with Gasteiger partial charge in [0.2, 0.25) is 5.91 Å². The molecule has 6 nitrogen and oxygen atoms in total. The van der Waals surface area contributed by atoms with Crippen LogP contribution >= 0.6 is 11.3 Å². The van der Waals surface area contributed by atoms with Crippen LogP contribution in [0.15, 0.2) is 29.6 Å². The molecule has 1 aromatic carbocycles. The van der Waals surface area contributed by atoms with Crippen LogP contribution in [0.5, 0.6) is 0 Å². The molecular formula is C16H18N2O4S2. The Morgan fingerprint density at radius 1 is 1.21 bits per heavy atom. The smallest absolute Gasteiger partial charge is 0.253 e. The topological polar surface area (TPSA) is 83.6 Å². The van der Waals surface area contributed by atoms with E-state index in [0.717, 1.165) is 10.1 Å². The summed E-state index contributed by atoms with van der Waals surface area (Å²) in [6.45, 7) is 1.99. The highest BCUT2D eigenvalue weighted by molar-refractivity contribution is 7.91. The van der Waals surface area contributed by atoms with Crippen molar-refractivity contribution in [1.82, 2.24) is 10.2 Å². The molecule has 1 fully saturated rings. The number of nitrogens with one attached hydrogen (secondary N) is 1. The minimum absolute atomic E-state index is 0.0193. The van der Waals surface area contributed by atoms with E-state index >= 15 is 0 Å². The second-order valence-corrected chi connectivity index (χ2v) is 9.03. The normalized spacial score (nSPS) is 18.3. The number of fused-ring (bicyclic) bond motifs is 1. The summed E-state index contributed by atoms with van der Waals surface area (Å²) in [6.07, 6.45) is 0. The van der Waals surface area contributed by atoms with Gasteiger partial charge in [-0.2, -0.15) is 0 Å². The fourth-order valence-electron chi connectivity index (χ4n) is 2.70. The van der Waals surface area contributed by atoms with E-state index in [-0.39, 0.29) is 36.4 Å². The van der Waals surface area contributed by atoms with Crippen molar-refractivity contribution in [2.45, 2.75) is 13.0 Å². The van der Waals surface area contributed by atoms with E-state index in [1.165, 1.54) is 16.2 Å². The van der Waals surface area contributed by atoms with Gasteiger partial charge in [0.25, 0.3) is 5.91 Å². The van der Waals surface area contributed by atoms with Crippen LogP contribution in [0.2, 0.25) is 0 Å². The monoisotopic (exact) mass is 366 g/mol. The zero-order valence-electron chi connectivity index (χ0n) is 13.2. The SMILES string of the molecule is CC(NC(=O)c1csc2ccccc12)C(=O)N1CCS(=O)(=O)CC1. The molecule has 1 unspecified atom stereocenters. The summed E-state index contributed by atoms with van der Waals surface area (Å²) in [7, 11) is -3.04. The van der Waals surface area contributed by atoms with Gasteiger partial charge in [0.15, 0.2) is 9.84 Å². The lowest BCUT2D eigenvalue weighted by Gasteiger charge is -2.29. The van der Waals surface area contributed by atoms with Crippen LogP contribution in [0.1, 0.15) is 17.3 Å². The summed E-state index contributed by atoms with van der Waals surface area (Å²) in [5.41, 5.74) is 0.552. The van der Waals surface area contributed by atoms with Gasteiger partial charge in [0.05, 0.1) is 17.1 Å². The average molecular weight is 366 g/mol. The van der Waals surface area contributed by atoms with Crippen LogP contribution in [0, 0.1) is 0 Å². The number of rotatable bonds is 3. The van der Waals surface area contributed by atoms with Gasteiger partial charge in [-0.1, -0.05) is 18.2 Å². The van der Waals surface area contributed by atoms with Crippen molar-refractivity contribution in [2.24, 2.45) is 0 Å². The van der Waals surface area contributed by atoms with Gasteiger partial charge >= 0.3 is 0 Å². The molecule has 1 N–H and O–H groups in total. The van der Waals surface area contributed by atoms with Crippen molar-refractivity contribution >= 4 is 43.1 Å². The Kier molecular flexibility index (Phi) is 4.60. The van der Waals surface area contributed by atoms with Crippen LogP contribution in [-0.2, 0) is 14.6 Å². The Labute approximate surface area is 144 Å². The molecule has 0 spiro atoms. The Morgan fingerprint density at radius 2 is 1.88 bits per heavy atom. The van der Waals surface area contributed by atoms with Crippen LogP contribution < -0.4 is 5.32 Å². The molecule has 1 aliphatic rings. The third-order valence-electron chi connectivity index (χ3n) is 4.10. The first kappa shape index (κ1) is 16.9. The first-order chi connectivity index (χ1) is 11.4. The maximum atomic E-state index is 12.4. The van der Waals surface area contributed by atoms with Crippen LogP contribution in [0.25, 0.3) is 10.1 Å². The number of hydrogen-bond donors (Lipinski definition) is 1. The summed E-state index contributed by atoms with van der Waals surface area (Å²) in [6, 6.07) is 6.91. The third kappa shape index (κ3) is 3.44. The summed E-state index contributed by atoms with van der Waals surface area (Å²) < 4.78 is 23.9. The third-order valence-corrected chi connectivity index (χ3v) is 6.67. The van der Waals surface area contributed by atoms with E-state index in [9.17, 15) is 18.0 Å². The first-order valence-corrected chi connectivity index (χ1v) is 10.3. The van der Waals surface area contributed by atoms with Crippen molar-refractivity contribution in [3.8, 4) is 0 Å². The van der Waals surface area contributed by atoms with E-state index in [2.05, 4.69) is 5.32 Å². The van der Waals surface area contributed by atoms with Crippen molar-refractivity contribution in [1.29, 1.82) is 0 Å². The maximum Gasteiger partial charge on any atom is 0.253 e.